The average Bonchev–Trinajstić information content (AvgIpc) is 3.10. The quantitative estimate of drug-likeness (QED) is 0.533. The molecule has 1 aliphatic heterocycles. The zero-order valence-electron chi connectivity index (χ0n) is 20.6. The number of carbonyl (C=O) groups is 2. The van der Waals surface area contributed by atoms with Gasteiger partial charge in [0.2, 0.25) is 5.91 Å². The fraction of sp³-hybridized carbons (Fsp3) is 0.481. The van der Waals surface area contributed by atoms with Gasteiger partial charge in [-0.2, -0.15) is 0 Å². The summed E-state index contributed by atoms with van der Waals surface area (Å²) >= 11 is 0. The first-order chi connectivity index (χ1) is 16.9. The lowest BCUT2D eigenvalue weighted by Crippen LogP contribution is -2.66. The molecule has 1 saturated heterocycles. The summed E-state index contributed by atoms with van der Waals surface area (Å²) < 4.78 is 15.9. The van der Waals surface area contributed by atoms with E-state index in [1.54, 1.807) is 26.2 Å². The third kappa shape index (κ3) is 4.66. The molecule has 188 valence electrons. The van der Waals surface area contributed by atoms with Crippen LogP contribution in [-0.2, 0) is 32.0 Å². The van der Waals surface area contributed by atoms with Gasteiger partial charge in [-0.1, -0.05) is 43.2 Å². The zero-order chi connectivity index (χ0) is 25.1. The fourth-order valence-corrected chi connectivity index (χ4v) is 5.49. The van der Waals surface area contributed by atoms with Crippen LogP contribution in [0.15, 0.2) is 48.5 Å². The number of methoxy groups -OCH3 is 3. The van der Waals surface area contributed by atoms with Crippen LogP contribution < -0.4 is 10.1 Å². The summed E-state index contributed by atoms with van der Waals surface area (Å²) in [6.07, 6.45) is 2.25. The molecule has 35 heavy (non-hydrogen) atoms. The van der Waals surface area contributed by atoms with E-state index in [2.05, 4.69) is 5.32 Å². The Balaban J connectivity index is 1.67. The van der Waals surface area contributed by atoms with Crippen molar-refractivity contribution >= 4 is 17.5 Å². The Labute approximate surface area is 206 Å². The Bertz CT molecular complexity index is 1050. The lowest BCUT2D eigenvalue weighted by atomic mass is 9.69. The molecule has 2 N–H and O–H groups in total. The van der Waals surface area contributed by atoms with Gasteiger partial charge in [-0.25, -0.2) is 0 Å². The molecule has 0 unspecified atom stereocenters. The highest BCUT2D eigenvalue weighted by molar-refractivity contribution is 6.04. The number of carbonyl (C=O) groups excluding carboxylic acids is 2. The largest absolute Gasteiger partial charge is 0.497 e. The van der Waals surface area contributed by atoms with Crippen LogP contribution in [0.4, 0.5) is 5.69 Å². The average molecular weight is 483 g/mol. The van der Waals surface area contributed by atoms with Crippen molar-refractivity contribution in [1.82, 2.24) is 4.90 Å². The molecule has 0 bridgehead atoms. The van der Waals surface area contributed by atoms with Gasteiger partial charge >= 0.3 is 0 Å². The first kappa shape index (κ1) is 25.2. The SMILES string of the molecule is COc1ccc(CN2C(=O)C[C@@]3(O)CCCC[C@@]23C(=O)Nc2ccccc2CC(OC)OC)cc1. The number of likely N-dealkylation sites (tertiary alicyclic amines) is 1. The number of nitrogens with zero attached hydrogens (tertiary/aromatic N) is 1. The van der Waals surface area contributed by atoms with Crippen molar-refractivity contribution in [2.24, 2.45) is 0 Å². The summed E-state index contributed by atoms with van der Waals surface area (Å²) in [4.78, 5) is 28.9. The van der Waals surface area contributed by atoms with Crippen LogP contribution in [0.5, 0.6) is 5.75 Å². The van der Waals surface area contributed by atoms with E-state index in [0.717, 1.165) is 24.0 Å². The van der Waals surface area contributed by atoms with E-state index in [4.69, 9.17) is 14.2 Å². The predicted molar refractivity (Wildman–Crippen MR) is 131 cm³/mol. The molecule has 4 rings (SSSR count). The zero-order valence-corrected chi connectivity index (χ0v) is 20.6. The normalized spacial score (nSPS) is 23.9. The number of ether oxygens (including phenoxy) is 3. The monoisotopic (exact) mass is 482 g/mol. The molecule has 2 atom stereocenters. The van der Waals surface area contributed by atoms with Gasteiger partial charge < -0.3 is 29.5 Å². The number of anilines is 1. The van der Waals surface area contributed by atoms with Gasteiger partial charge in [0.05, 0.1) is 13.5 Å². The van der Waals surface area contributed by atoms with Gasteiger partial charge in [0.25, 0.3) is 5.91 Å². The maximum atomic E-state index is 14.1. The van der Waals surface area contributed by atoms with E-state index < -0.39 is 17.4 Å². The molecular formula is C27H34N2O6. The summed E-state index contributed by atoms with van der Waals surface area (Å²) in [5, 5.41) is 14.8. The second-order valence-electron chi connectivity index (χ2n) is 9.32. The summed E-state index contributed by atoms with van der Waals surface area (Å²) in [6.45, 7) is 0.232. The minimum atomic E-state index is -1.42. The Morgan fingerprint density at radius 2 is 1.74 bits per heavy atom. The molecule has 2 aliphatic rings. The first-order valence-electron chi connectivity index (χ1n) is 12.0. The molecule has 0 spiro atoms. The van der Waals surface area contributed by atoms with Crippen LogP contribution in [0, 0.1) is 0 Å². The second-order valence-corrected chi connectivity index (χ2v) is 9.32. The topological polar surface area (TPSA) is 97.3 Å². The van der Waals surface area contributed by atoms with Crippen molar-refractivity contribution < 1.29 is 28.9 Å². The van der Waals surface area contributed by atoms with E-state index in [1.807, 2.05) is 48.5 Å². The van der Waals surface area contributed by atoms with Gasteiger partial charge in [-0.3, -0.25) is 9.59 Å². The molecule has 8 heteroatoms. The number of hydrogen-bond acceptors (Lipinski definition) is 6. The molecule has 1 heterocycles. The minimum Gasteiger partial charge on any atom is -0.497 e. The number of fused-ring (bicyclic) bond motifs is 1. The van der Waals surface area contributed by atoms with Crippen molar-refractivity contribution in [1.29, 1.82) is 0 Å². The van der Waals surface area contributed by atoms with E-state index in [0.29, 0.717) is 30.7 Å². The van der Waals surface area contributed by atoms with Crippen molar-refractivity contribution in [2.75, 3.05) is 26.6 Å². The molecule has 0 radical (unpaired) electrons. The molecule has 8 nitrogen and oxygen atoms in total. The maximum absolute atomic E-state index is 14.1. The molecular weight excluding hydrogens is 448 g/mol. The van der Waals surface area contributed by atoms with Crippen molar-refractivity contribution in [3.8, 4) is 5.75 Å². The number of rotatable bonds is 9. The Morgan fingerprint density at radius 3 is 2.43 bits per heavy atom. The van der Waals surface area contributed by atoms with Crippen LogP contribution in [0.25, 0.3) is 0 Å². The Hall–Kier alpha value is -2.94. The lowest BCUT2D eigenvalue weighted by molar-refractivity contribution is -0.152. The van der Waals surface area contributed by atoms with Crippen LogP contribution >= 0.6 is 0 Å². The van der Waals surface area contributed by atoms with Crippen LogP contribution in [0.2, 0.25) is 0 Å². The van der Waals surface area contributed by atoms with Gasteiger partial charge in [-0.15, -0.1) is 0 Å². The van der Waals surface area contributed by atoms with Gasteiger partial charge in [0.1, 0.15) is 11.4 Å². The summed E-state index contributed by atoms with van der Waals surface area (Å²) in [5.74, 6) is 0.135. The minimum absolute atomic E-state index is 0.0619. The summed E-state index contributed by atoms with van der Waals surface area (Å²) in [6, 6.07) is 14.9. The Morgan fingerprint density at radius 1 is 1.06 bits per heavy atom. The number of aliphatic hydroxyl groups is 1. The standard InChI is InChI=1S/C27H34N2O6/c1-33-21-12-10-19(11-13-21)18-29-23(30)17-26(32)14-6-7-15-27(26,29)25(31)28-22-9-5-4-8-20(22)16-24(34-2)35-3/h4-5,8-13,24,32H,6-7,14-18H2,1-3H3,(H,28,31)/t26-,27-/m0/s1. The third-order valence-electron chi connectivity index (χ3n) is 7.41. The van der Waals surface area contributed by atoms with E-state index in [1.165, 1.54) is 0 Å². The number of para-hydroxylation sites is 1. The Kier molecular flexibility index (Phi) is 7.44. The van der Waals surface area contributed by atoms with E-state index in [-0.39, 0.29) is 24.8 Å². The van der Waals surface area contributed by atoms with Gasteiger partial charge in [-0.05, 0) is 42.2 Å². The number of hydrogen-bond donors (Lipinski definition) is 2. The van der Waals surface area contributed by atoms with Crippen molar-refractivity contribution in [2.45, 2.75) is 62.5 Å². The number of benzene rings is 2. The first-order valence-corrected chi connectivity index (χ1v) is 12.0. The lowest BCUT2D eigenvalue weighted by Gasteiger charge is -2.48. The fourth-order valence-electron chi connectivity index (χ4n) is 5.49. The van der Waals surface area contributed by atoms with Crippen molar-refractivity contribution in [3.05, 3.63) is 59.7 Å². The van der Waals surface area contributed by atoms with Gasteiger partial charge in [0.15, 0.2) is 11.8 Å². The second kappa shape index (κ2) is 10.4. The number of nitrogens with one attached hydrogen (secondary N) is 1. The summed E-state index contributed by atoms with van der Waals surface area (Å²) in [7, 11) is 4.73. The van der Waals surface area contributed by atoms with E-state index >= 15 is 0 Å². The maximum Gasteiger partial charge on any atom is 0.253 e. The molecule has 2 aromatic carbocycles. The van der Waals surface area contributed by atoms with Crippen molar-refractivity contribution in [3.63, 3.8) is 0 Å². The van der Waals surface area contributed by atoms with Crippen LogP contribution in [0.3, 0.4) is 0 Å². The van der Waals surface area contributed by atoms with Gasteiger partial charge in [0, 0.05) is 32.9 Å². The molecule has 2 fully saturated rings. The molecule has 1 saturated carbocycles. The molecule has 2 aromatic rings. The smallest absolute Gasteiger partial charge is 0.253 e. The number of amides is 2. The highest BCUT2D eigenvalue weighted by Crippen LogP contribution is 2.50. The van der Waals surface area contributed by atoms with Crippen LogP contribution in [0.1, 0.15) is 43.2 Å². The molecule has 0 aromatic heterocycles. The predicted octanol–water partition coefficient (Wildman–Crippen LogP) is 3.27. The third-order valence-corrected chi connectivity index (χ3v) is 7.41. The highest BCUT2D eigenvalue weighted by atomic mass is 16.7. The highest BCUT2D eigenvalue weighted by Gasteiger charge is 2.66. The van der Waals surface area contributed by atoms with E-state index in [9.17, 15) is 14.7 Å². The summed E-state index contributed by atoms with van der Waals surface area (Å²) in [5.41, 5.74) is -0.448. The van der Waals surface area contributed by atoms with Crippen LogP contribution in [-0.4, -0.2) is 60.6 Å². The molecule has 1 aliphatic carbocycles. The molecule has 2 amide bonds.